The predicted molar refractivity (Wildman–Crippen MR) is 130 cm³/mol. The summed E-state index contributed by atoms with van der Waals surface area (Å²) < 4.78 is 2.24. The van der Waals surface area contributed by atoms with Gasteiger partial charge in [0, 0.05) is 6.04 Å². The van der Waals surface area contributed by atoms with Crippen LogP contribution in [0.5, 0.6) is 0 Å². The third kappa shape index (κ3) is 4.56. The number of aromatic nitrogens is 2. The van der Waals surface area contributed by atoms with Gasteiger partial charge in [0.05, 0.1) is 16.6 Å². The van der Waals surface area contributed by atoms with Crippen LogP contribution >= 0.6 is 0 Å². The molecule has 0 atom stereocenters. The van der Waals surface area contributed by atoms with Gasteiger partial charge in [0.1, 0.15) is 11.9 Å². The summed E-state index contributed by atoms with van der Waals surface area (Å²) in [6.45, 7) is 4.39. The molecule has 2 aromatic heterocycles. The van der Waals surface area contributed by atoms with E-state index in [1.54, 1.807) is 0 Å². The SMILES string of the molecule is CCCCCCCCc1c(C)c(C#N)c2nc3ccccc3n2c1NC1CCCCC1. The number of hydrogen-bond donors (Lipinski definition) is 1. The molecule has 0 spiro atoms. The summed E-state index contributed by atoms with van der Waals surface area (Å²) in [5.74, 6) is 1.18. The summed E-state index contributed by atoms with van der Waals surface area (Å²) in [5.41, 5.74) is 6.00. The number of imidazole rings is 1. The lowest BCUT2D eigenvalue weighted by atomic mass is 9.94. The van der Waals surface area contributed by atoms with Crippen LogP contribution in [0.25, 0.3) is 16.7 Å². The molecule has 1 N–H and O–H groups in total. The maximum absolute atomic E-state index is 10.0. The first kappa shape index (κ1) is 21.7. The average molecular weight is 417 g/mol. The number of rotatable bonds is 9. The van der Waals surface area contributed by atoms with Crippen LogP contribution in [0.2, 0.25) is 0 Å². The zero-order valence-corrected chi connectivity index (χ0v) is 19.2. The van der Waals surface area contributed by atoms with E-state index < -0.39 is 0 Å². The van der Waals surface area contributed by atoms with Gasteiger partial charge in [0.25, 0.3) is 0 Å². The Labute approximate surface area is 186 Å². The van der Waals surface area contributed by atoms with Crippen molar-refractivity contribution in [2.45, 2.75) is 96.9 Å². The van der Waals surface area contributed by atoms with Crippen LogP contribution in [0.4, 0.5) is 5.82 Å². The Morgan fingerprint density at radius 2 is 1.81 bits per heavy atom. The standard InChI is InChI=1S/C27H36N4/c1-3-4-5-6-7-11-16-22-20(2)23(19-28)27-30-24-17-12-13-18-25(24)31(27)26(22)29-21-14-9-8-10-15-21/h12-13,17-18,21,29H,3-11,14-16H2,1-2H3. The van der Waals surface area contributed by atoms with Crippen molar-refractivity contribution in [3.8, 4) is 6.07 Å². The quantitative estimate of drug-likeness (QED) is 0.372. The zero-order chi connectivity index (χ0) is 21.6. The molecule has 0 radical (unpaired) electrons. The van der Waals surface area contributed by atoms with Crippen molar-refractivity contribution in [3.63, 3.8) is 0 Å². The number of nitrogens with one attached hydrogen (secondary N) is 1. The number of para-hydroxylation sites is 2. The van der Waals surface area contributed by atoms with Gasteiger partial charge in [-0.2, -0.15) is 5.26 Å². The summed E-state index contributed by atoms with van der Waals surface area (Å²) in [6, 6.07) is 11.3. The molecule has 0 unspecified atom stereocenters. The second-order valence-electron chi connectivity index (χ2n) is 9.20. The number of fused-ring (bicyclic) bond motifs is 3. The lowest BCUT2D eigenvalue weighted by molar-refractivity contribution is 0.461. The molecule has 1 aliphatic carbocycles. The second-order valence-corrected chi connectivity index (χ2v) is 9.20. The van der Waals surface area contributed by atoms with E-state index in [1.807, 2.05) is 6.07 Å². The number of pyridine rings is 1. The lowest BCUT2D eigenvalue weighted by Gasteiger charge is -2.27. The molecule has 1 fully saturated rings. The van der Waals surface area contributed by atoms with Gasteiger partial charge in [-0.3, -0.25) is 4.40 Å². The largest absolute Gasteiger partial charge is 0.368 e. The Kier molecular flexibility index (Phi) is 7.12. The van der Waals surface area contributed by atoms with E-state index in [0.29, 0.717) is 6.04 Å². The predicted octanol–water partition coefficient (Wildman–Crippen LogP) is 7.32. The zero-order valence-electron chi connectivity index (χ0n) is 19.2. The normalized spacial score (nSPS) is 14.9. The molecular weight excluding hydrogens is 380 g/mol. The highest BCUT2D eigenvalue weighted by Crippen LogP contribution is 2.34. The van der Waals surface area contributed by atoms with Gasteiger partial charge in [-0.05, 0) is 55.9 Å². The van der Waals surface area contributed by atoms with Gasteiger partial charge in [-0.25, -0.2) is 4.98 Å². The molecule has 1 aromatic carbocycles. The van der Waals surface area contributed by atoms with Gasteiger partial charge in [0.2, 0.25) is 0 Å². The first-order chi connectivity index (χ1) is 15.2. The van der Waals surface area contributed by atoms with Crippen LogP contribution in [0, 0.1) is 18.3 Å². The number of nitrogens with zero attached hydrogens (tertiary/aromatic N) is 3. The molecule has 0 amide bonds. The van der Waals surface area contributed by atoms with Crippen LogP contribution in [0.15, 0.2) is 24.3 Å². The number of benzene rings is 1. The van der Waals surface area contributed by atoms with Crippen molar-refractivity contribution in [1.29, 1.82) is 5.26 Å². The van der Waals surface area contributed by atoms with Gasteiger partial charge < -0.3 is 5.32 Å². The highest BCUT2D eigenvalue weighted by atomic mass is 15.1. The first-order valence-corrected chi connectivity index (χ1v) is 12.3. The van der Waals surface area contributed by atoms with Crippen molar-refractivity contribution in [1.82, 2.24) is 9.38 Å². The molecule has 3 aromatic rings. The first-order valence-electron chi connectivity index (χ1n) is 12.3. The van der Waals surface area contributed by atoms with Crippen LogP contribution in [-0.4, -0.2) is 15.4 Å². The summed E-state index contributed by atoms with van der Waals surface area (Å²) in [4.78, 5) is 4.87. The van der Waals surface area contributed by atoms with E-state index in [0.717, 1.165) is 34.2 Å². The summed E-state index contributed by atoms with van der Waals surface area (Å²) in [5, 5.41) is 14.0. The van der Waals surface area contributed by atoms with Crippen LogP contribution in [0.1, 0.15) is 94.2 Å². The fraction of sp³-hybridized carbons (Fsp3) is 0.556. The molecule has 4 heteroatoms. The van der Waals surface area contributed by atoms with Gasteiger partial charge in [-0.1, -0.05) is 70.4 Å². The Balaban J connectivity index is 1.77. The Hall–Kier alpha value is -2.54. The second kappa shape index (κ2) is 10.2. The fourth-order valence-corrected chi connectivity index (χ4v) is 5.16. The summed E-state index contributed by atoms with van der Waals surface area (Å²) in [6.07, 6.45) is 15.1. The minimum Gasteiger partial charge on any atom is -0.368 e. The molecule has 164 valence electrons. The Morgan fingerprint density at radius 1 is 1.06 bits per heavy atom. The van der Waals surface area contributed by atoms with E-state index in [4.69, 9.17) is 4.98 Å². The molecule has 0 aliphatic heterocycles. The van der Waals surface area contributed by atoms with Gasteiger partial charge in [0.15, 0.2) is 5.65 Å². The highest BCUT2D eigenvalue weighted by molar-refractivity contribution is 5.86. The molecule has 1 saturated carbocycles. The monoisotopic (exact) mass is 416 g/mol. The molecule has 0 saturated heterocycles. The third-order valence-electron chi connectivity index (χ3n) is 6.96. The molecule has 4 rings (SSSR count). The van der Waals surface area contributed by atoms with Crippen LogP contribution in [-0.2, 0) is 6.42 Å². The molecule has 1 aliphatic rings. The van der Waals surface area contributed by atoms with Gasteiger partial charge in [-0.15, -0.1) is 0 Å². The number of hydrogen-bond acceptors (Lipinski definition) is 3. The Bertz CT molecular complexity index is 1070. The van der Waals surface area contributed by atoms with Crippen molar-refractivity contribution in [3.05, 3.63) is 41.0 Å². The molecular formula is C27H36N4. The molecule has 31 heavy (non-hydrogen) atoms. The average Bonchev–Trinajstić information content (AvgIpc) is 3.18. The summed E-state index contributed by atoms with van der Waals surface area (Å²) >= 11 is 0. The van der Waals surface area contributed by atoms with Crippen LogP contribution in [0.3, 0.4) is 0 Å². The fourth-order valence-electron chi connectivity index (χ4n) is 5.16. The summed E-state index contributed by atoms with van der Waals surface area (Å²) in [7, 11) is 0. The Morgan fingerprint density at radius 3 is 2.58 bits per heavy atom. The third-order valence-corrected chi connectivity index (χ3v) is 6.96. The van der Waals surface area contributed by atoms with Crippen LogP contribution < -0.4 is 5.32 Å². The smallest absolute Gasteiger partial charge is 0.157 e. The molecule has 0 bridgehead atoms. The maximum atomic E-state index is 10.0. The van der Waals surface area contributed by atoms with Crippen molar-refractivity contribution >= 4 is 22.5 Å². The molecule has 4 nitrogen and oxygen atoms in total. The number of unbranched alkanes of at least 4 members (excludes halogenated alkanes) is 5. The lowest BCUT2D eigenvalue weighted by Crippen LogP contribution is -2.25. The van der Waals surface area contributed by atoms with E-state index in [2.05, 4.69) is 47.8 Å². The van der Waals surface area contributed by atoms with Crippen molar-refractivity contribution in [2.24, 2.45) is 0 Å². The topological polar surface area (TPSA) is 53.1 Å². The van der Waals surface area contributed by atoms with Gasteiger partial charge >= 0.3 is 0 Å². The molecule has 2 heterocycles. The highest BCUT2D eigenvalue weighted by Gasteiger charge is 2.23. The van der Waals surface area contributed by atoms with Crippen molar-refractivity contribution < 1.29 is 0 Å². The van der Waals surface area contributed by atoms with E-state index in [1.165, 1.54) is 82.0 Å². The number of nitriles is 1. The minimum atomic E-state index is 0.508. The van der Waals surface area contributed by atoms with E-state index in [9.17, 15) is 5.26 Å². The minimum absolute atomic E-state index is 0.508. The maximum Gasteiger partial charge on any atom is 0.157 e. The van der Waals surface area contributed by atoms with Crippen molar-refractivity contribution in [2.75, 3.05) is 5.32 Å². The van der Waals surface area contributed by atoms with E-state index >= 15 is 0 Å². The number of anilines is 1. The van der Waals surface area contributed by atoms with E-state index in [-0.39, 0.29) is 0 Å².